The second-order valence-corrected chi connectivity index (χ2v) is 5.55. The van der Waals surface area contributed by atoms with E-state index in [4.69, 9.17) is 5.73 Å². The smallest absolute Gasteiger partial charge is 0.101 e. The molecular weight excluding hydrogens is 204 g/mol. The molecule has 0 bridgehead atoms. The fourth-order valence-electron chi connectivity index (χ4n) is 1.23. The summed E-state index contributed by atoms with van der Waals surface area (Å²) in [7, 11) is 0. The van der Waals surface area contributed by atoms with E-state index in [9.17, 15) is 0 Å². The molecule has 2 N–H and O–H groups in total. The minimum Gasteiger partial charge on any atom is -0.326 e. The van der Waals surface area contributed by atoms with Crippen molar-refractivity contribution in [2.75, 3.05) is 0 Å². The van der Waals surface area contributed by atoms with Crippen LogP contribution in [-0.4, -0.2) is 10.2 Å². The number of thioether (sulfide) groups is 1. The van der Waals surface area contributed by atoms with E-state index in [0.29, 0.717) is 17.7 Å². The van der Waals surface area contributed by atoms with Crippen molar-refractivity contribution < 1.29 is 0 Å². The minimum absolute atomic E-state index is 0.574. The summed E-state index contributed by atoms with van der Waals surface area (Å²) >= 11 is 1.83. The average Bonchev–Trinajstić information content (AvgIpc) is 2.18. The van der Waals surface area contributed by atoms with E-state index in [0.717, 1.165) is 5.03 Å². The molecule has 2 nitrogen and oxygen atoms in total. The molecule has 1 atom stereocenters. The standard InChI is InChI=1S/C12H20N2S/c1-8(2)10(4)15-12-11(7-13)9(3)5-6-14-12/h5-6,8,10H,7,13H2,1-4H3. The summed E-state index contributed by atoms with van der Waals surface area (Å²) in [6.45, 7) is 9.37. The van der Waals surface area contributed by atoms with Crippen molar-refractivity contribution >= 4 is 11.8 Å². The Morgan fingerprint density at radius 2 is 2.07 bits per heavy atom. The van der Waals surface area contributed by atoms with Crippen molar-refractivity contribution in [3.05, 3.63) is 23.4 Å². The van der Waals surface area contributed by atoms with Crippen LogP contribution in [0.5, 0.6) is 0 Å². The second-order valence-electron chi connectivity index (χ2n) is 4.18. The molecule has 0 saturated carbocycles. The van der Waals surface area contributed by atoms with Crippen molar-refractivity contribution in [3.8, 4) is 0 Å². The molecule has 3 heteroatoms. The Balaban J connectivity index is 2.89. The SMILES string of the molecule is Cc1ccnc(SC(C)C(C)C)c1CN. The lowest BCUT2D eigenvalue weighted by Gasteiger charge is -2.16. The van der Waals surface area contributed by atoms with Gasteiger partial charge in [-0.2, -0.15) is 0 Å². The minimum atomic E-state index is 0.574. The maximum atomic E-state index is 5.75. The van der Waals surface area contributed by atoms with E-state index in [-0.39, 0.29) is 0 Å². The molecule has 1 aromatic rings. The van der Waals surface area contributed by atoms with Crippen LogP contribution in [0.3, 0.4) is 0 Å². The van der Waals surface area contributed by atoms with E-state index in [2.05, 4.69) is 32.7 Å². The fraction of sp³-hybridized carbons (Fsp3) is 0.583. The first-order valence-corrected chi connectivity index (χ1v) is 6.25. The van der Waals surface area contributed by atoms with Gasteiger partial charge in [0.15, 0.2) is 0 Å². The van der Waals surface area contributed by atoms with Gasteiger partial charge in [-0.3, -0.25) is 0 Å². The molecule has 0 amide bonds. The van der Waals surface area contributed by atoms with Crippen LogP contribution in [-0.2, 0) is 6.54 Å². The van der Waals surface area contributed by atoms with E-state index in [1.807, 2.05) is 24.0 Å². The van der Waals surface area contributed by atoms with Crippen LogP contribution in [0, 0.1) is 12.8 Å². The summed E-state index contributed by atoms with van der Waals surface area (Å²) in [6, 6.07) is 2.02. The van der Waals surface area contributed by atoms with Gasteiger partial charge in [-0.25, -0.2) is 4.98 Å². The third-order valence-corrected chi connectivity index (χ3v) is 4.18. The fourth-order valence-corrected chi connectivity index (χ4v) is 2.36. The molecule has 1 rings (SSSR count). The zero-order valence-corrected chi connectivity index (χ0v) is 10.8. The normalized spacial score (nSPS) is 13.2. The lowest BCUT2D eigenvalue weighted by atomic mass is 10.1. The Labute approximate surface area is 96.7 Å². The highest BCUT2D eigenvalue weighted by Crippen LogP contribution is 2.29. The molecule has 1 heterocycles. The summed E-state index contributed by atoms with van der Waals surface area (Å²) in [5.41, 5.74) is 8.18. The largest absolute Gasteiger partial charge is 0.326 e. The average molecular weight is 224 g/mol. The lowest BCUT2D eigenvalue weighted by Crippen LogP contribution is -2.09. The van der Waals surface area contributed by atoms with Crippen LogP contribution in [0.2, 0.25) is 0 Å². The number of nitrogens with two attached hydrogens (primary N) is 1. The van der Waals surface area contributed by atoms with Gasteiger partial charge in [0.05, 0.1) is 0 Å². The van der Waals surface area contributed by atoms with Gasteiger partial charge in [-0.15, -0.1) is 11.8 Å². The molecule has 0 aromatic carbocycles. The van der Waals surface area contributed by atoms with Crippen LogP contribution >= 0.6 is 11.8 Å². The summed E-state index contributed by atoms with van der Waals surface area (Å²) in [5, 5.41) is 1.67. The third-order valence-electron chi connectivity index (χ3n) is 2.69. The first-order valence-electron chi connectivity index (χ1n) is 5.37. The predicted octanol–water partition coefficient (Wildman–Crippen LogP) is 2.99. The van der Waals surface area contributed by atoms with Gasteiger partial charge in [0.2, 0.25) is 0 Å². The highest BCUT2D eigenvalue weighted by Gasteiger charge is 2.13. The van der Waals surface area contributed by atoms with E-state index < -0.39 is 0 Å². The van der Waals surface area contributed by atoms with Crippen LogP contribution < -0.4 is 5.73 Å². The zero-order valence-electron chi connectivity index (χ0n) is 9.95. The number of rotatable bonds is 4. The van der Waals surface area contributed by atoms with E-state index >= 15 is 0 Å². The maximum absolute atomic E-state index is 5.75. The quantitative estimate of drug-likeness (QED) is 0.799. The Bertz CT molecular complexity index is 323. The molecule has 0 aliphatic rings. The number of aromatic nitrogens is 1. The molecule has 0 spiro atoms. The van der Waals surface area contributed by atoms with Crippen molar-refractivity contribution in [2.45, 2.75) is 44.5 Å². The van der Waals surface area contributed by atoms with Crippen LogP contribution in [0.25, 0.3) is 0 Å². The van der Waals surface area contributed by atoms with Gasteiger partial charge < -0.3 is 5.73 Å². The van der Waals surface area contributed by atoms with Gasteiger partial charge in [-0.05, 0) is 24.5 Å². The second kappa shape index (κ2) is 5.52. The molecule has 1 aromatic heterocycles. The Kier molecular flexibility index (Phi) is 4.61. The molecular formula is C12H20N2S. The van der Waals surface area contributed by atoms with Crippen LogP contribution in [0.15, 0.2) is 17.3 Å². The Morgan fingerprint density at radius 1 is 1.40 bits per heavy atom. The molecule has 0 aliphatic heterocycles. The zero-order chi connectivity index (χ0) is 11.4. The van der Waals surface area contributed by atoms with Crippen LogP contribution in [0.4, 0.5) is 0 Å². The van der Waals surface area contributed by atoms with Gasteiger partial charge in [0.1, 0.15) is 5.03 Å². The molecule has 0 saturated heterocycles. The summed E-state index contributed by atoms with van der Waals surface area (Å²) < 4.78 is 0. The first-order chi connectivity index (χ1) is 7.06. The topological polar surface area (TPSA) is 38.9 Å². The lowest BCUT2D eigenvalue weighted by molar-refractivity contribution is 0.641. The van der Waals surface area contributed by atoms with Crippen LogP contribution in [0.1, 0.15) is 31.9 Å². The third kappa shape index (κ3) is 3.21. The maximum Gasteiger partial charge on any atom is 0.101 e. The van der Waals surface area contributed by atoms with Gasteiger partial charge >= 0.3 is 0 Å². The highest BCUT2D eigenvalue weighted by atomic mass is 32.2. The Morgan fingerprint density at radius 3 is 2.60 bits per heavy atom. The number of pyridine rings is 1. The first kappa shape index (κ1) is 12.5. The predicted molar refractivity (Wildman–Crippen MR) is 67.0 cm³/mol. The van der Waals surface area contributed by atoms with Crippen molar-refractivity contribution in [2.24, 2.45) is 11.7 Å². The molecule has 1 unspecified atom stereocenters. The number of aryl methyl sites for hydroxylation is 1. The van der Waals surface area contributed by atoms with Crippen molar-refractivity contribution in [1.82, 2.24) is 4.98 Å². The summed E-state index contributed by atoms with van der Waals surface area (Å²) in [4.78, 5) is 4.42. The molecule has 0 aliphatic carbocycles. The van der Waals surface area contributed by atoms with Crippen molar-refractivity contribution in [1.29, 1.82) is 0 Å². The summed E-state index contributed by atoms with van der Waals surface area (Å²) in [5.74, 6) is 0.655. The van der Waals surface area contributed by atoms with Gasteiger partial charge in [0.25, 0.3) is 0 Å². The number of nitrogens with zero attached hydrogens (tertiary/aromatic N) is 1. The number of hydrogen-bond acceptors (Lipinski definition) is 3. The highest BCUT2D eigenvalue weighted by molar-refractivity contribution is 7.99. The molecule has 0 radical (unpaired) electrons. The van der Waals surface area contributed by atoms with Gasteiger partial charge in [0, 0.05) is 23.6 Å². The molecule has 15 heavy (non-hydrogen) atoms. The number of hydrogen-bond donors (Lipinski definition) is 1. The van der Waals surface area contributed by atoms with E-state index in [1.54, 1.807) is 0 Å². The monoisotopic (exact) mass is 224 g/mol. The summed E-state index contributed by atoms with van der Waals surface area (Å²) in [6.07, 6.45) is 1.86. The van der Waals surface area contributed by atoms with Gasteiger partial charge in [-0.1, -0.05) is 20.8 Å². The molecule has 84 valence electrons. The Hall–Kier alpha value is -0.540. The van der Waals surface area contributed by atoms with Crippen molar-refractivity contribution in [3.63, 3.8) is 0 Å². The van der Waals surface area contributed by atoms with E-state index in [1.165, 1.54) is 11.1 Å². The molecule has 0 fully saturated rings.